The molecule has 0 atom stereocenters. The van der Waals surface area contributed by atoms with Crippen LogP contribution in [0.25, 0.3) is 0 Å². The van der Waals surface area contributed by atoms with Crippen LogP contribution in [0.5, 0.6) is 0 Å². The van der Waals surface area contributed by atoms with Crippen molar-refractivity contribution < 1.29 is 8.42 Å². The van der Waals surface area contributed by atoms with Crippen molar-refractivity contribution in [1.82, 2.24) is 4.72 Å². The molecule has 0 spiro atoms. The van der Waals surface area contributed by atoms with Crippen molar-refractivity contribution >= 4 is 27.5 Å². The summed E-state index contributed by atoms with van der Waals surface area (Å²) in [6, 6.07) is 7.03. The predicted octanol–water partition coefficient (Wildman–Crippen LogP) is 2.46. The van der Waals surface area contributed by atoms with E-state index in [0.29, 0.717) is 4.90 Å². The highest BCUT2D eigenvalue weighted by atomic mass is 32.2. The SMILES string of the molecule is C=CCSCCNc1ccc(S(=O)(=O)NC2CC2)cc1. The molecule has 110 valence electrons. The number of anilines is 1. The molecule has 1 aliphatic carbocycles. The van der Waals surface area contributed by atoms with Gasteiger partial charge in [0.15, 0.2) is 0 Å². The number of hydrogen-bond acceptors (Lipinski definition) is 4. The van der Waals surface area contributed by atoms with Gasteiger partial charge in [-0.2, -0.15) is 11.8 Å². The van der Waals surface area contributed by atoms with Gasteiger partial charge in [0, 0.05) is 29.8 Å². The standard InChI is InChI=1S/C14H20N2O2S2/c1-2-10-19-11-9-15-12-5-7-14(8-6-12)20(17,18)16-13-3-4-13/h2,5-8,13,15-16H,1,3-4,9-11H2. The summed E-state index contributed by atoms with van der Waals surface area (Å²) < 4.78 is 26.6. The molecule has 1 aromatic carbocycles. The van der Waals surface area contributed by atoms with Crippen molar-refractivity contribution in [1.29, 1.82) is 0 Å². The van der Waals surface area contributed by atoms with Gasteiger partial charge < -0.3 is 5.32 Å². The highest BCUT2D eigenvalue weighted by molar-refractivity contribution is 7.99. The average molecular weight is 312 g/mol. The fraction of sp³-hybridized carbons (Fsp3) is 0.429. The van der Waals surface area contributed by atoms with Crippen LogP contribution in [0.3, 0.4) is 0 Å². The second kappa shape index (κ2) is 7.15. The van der Waals surface area contributed by atoms with Gasteiger partial charge in [0.25, 0.3) is 0 Å². The molecule has 0 aromatic heterocycles. The van der Waals surface area contributed by atoms with Gasteiger partial charge in [0.2, 0.25) is 10.0 Å². The number of thioether (sulfide) groups is 1. The zero-order valence-electron chi connectivity index (χ0n) is 11.3. The number of rotatable bonds is 9. The van der Waals surface area contributed by atoms with E-state index in [-0.39, 0.29) is 6.04 Å². The van der Waals surface area contributed by atoms with Gasteiger partial charge in [-0.15, -0.1) is 6.58 Å². The highest BCUT2D eigenvalue weighted by Gasteiger charge is 2.27. The summed E-state index contributed by atoms with van der Waals surface area (Å²) in [5, 5.41) is 3.26. The quantitative estimate of drug-likeness (QED) is 0.543. The maximum absolute atomic E-state index is 12.0. The van der Waals surface area contributed by atoms with Crippen LogP contribution in [-0.2, 0) is 10.0 Å². The molecule has 2 N–H and O–H groups in total. The van der Waals surface area contributed by atoms with E-state index in [2.05, 4.69) is 16.6 Å². The maximum atomic E-state index is 12.0. The molecule has 0 heterocycles. The topological polar surface area (TPSA) is 58.2 Å². The lowest BCUT2D eigenvalue weighted by molar-refractivity contribution is 0.581. The zero-order valence-corrected chi connectivity index (χ0v) is 13.0. The molecule has 0 radical (unpaired) electrons. The van der Waals surface area contributed by atoms with Crippen molar-refractivity contribution in [2.45, 2.75) is 23.8 Å². The van der Waals surface area contributed by atoms with Gasteiger partial charge in [-0.1, -0.05) is 6.08 Å². The Labute approximate surface area is 125 Å². The molecule has 0 unspecified atom stereocenters. The summed E-state index contributed by atoms with van der Waals surface area (Å²) in [7, 11) is -3.34. The molecule has 0 amide bonds. The number of sulfonamides is 1. The summed E-state index contributed by atoms with van der Waals surface area (Å²) in [6.07, 6.45) is 3.78. The first-order valence-electron chi connectivity index (χ1n) is 6.67. The van der Waals surface area contributed by atoms with E-state index in [0.717, 1.165) is 36.6 Å². The molecular formula is C14H20N2O2S2. The Morgan fingerprint density at radius 1 is 1.30 bits per heavy atom. The first kappa shape index (κ1) is 15.4. The molecule has 0 saturated heterocycles. The van der Waals surface area contributed by atoms with Gasteiger partial charge in [-0.05, 0) is 37.1 Å². The summed E-state index contributed by atoms with van der Waals surface area (Å²) in [5.41, 5.74) is 0.939. The van der Waals surface area contributed by atoms with Crippen LogP contribution in [-0.4, -0.2) is 32.5 Å². The molecule has 0 aliphatic heterocycles. The lowest BCUT2D eigenvalue weighted by atomic mass is 10.3. The van der Waals surface area contributed by atoms with E-state index < -0.39 is 10.0 Å². The molecule has 2 rings (SSSR count). The minimum Gasteiger partial charge on any atom is -0.384 e. The Morgan fingerprint density at radius 2 is 2.00 bits per heavy atom. The molecule has 1 saturated carbocycles. The molecule has 20 heavy (non-hydrogen) atoms. The number of benzene rings is 1. The molecular weight excluding hydrogens is 292 g/mol. The third-order valence-corrected chi connectivity index (χ3v) is 5.38. The van der Waals surface area contributed by atoms with Gasteiger partial charge >= 0.3 is 0 Å². The molecule has 1 aliphatic rings. The van der Waals surface area contributed by atoms with Crippen molar-refractivity contribution in [3.63, 3.8) is 0 Å². The average Bonchev–Trinajstić information content (AvgIpc) is 3.22. The fourth-order valence-electron chi connectivity index (χ4n) is 1.67. The molecule has 4 nitrogen and oxygen atoms in total. The largest absolute Gasteiger partial charge is 0.384 e. The Kier molecular flexibility index (Phi) is 5.51. The van der Waals surface area contributed by atoms with Gasteiger partial charge in [0.05, 0.1) is 4.90 Å². The normalized spacial score (nSPS) is 15.0. The predicted molar refractivity (Wildman–Crippen MR) is 85.8 cm³/mol. The summed E-state index contributed by atoms with van der Waals surface area (Å²) in [6.45, 7) is 4.52. The molecule has 0 bridgehead atoms. The Hall–Kier alpha value is -0.980. The lowest BCUT2D eigenvalue weighted by Crippen LogP contribution is -2.25. The van der Waals surface area contributed by atoms with E-state index >= 15 is 0 Å². The maximum Gasteiger partial charge on any atom is 0.240 e. The second-order valence-electron chi connectivity index (χ2n) is 4.71. The molecule has 6 heteroatoms. The van der Waals surface area contributed by atoms with Crippen LogP contribution in [0, 0.1) is 0 Å². The number of hydrogen-bond donors (Lipinski definition) is 2. The fourth-order valence-corrected chi connectivity index (χ4v) is 3.56. The second-order valence-corrected chi connectivity index (χ2v) is 7.57. The minimum absolute atomic E-state index is 0.139. The van der Waals surface area contributed by atoms with Crippen molar-refractivity contribution in [3.05, 3.63) is 36.9 Å². The van der Waals surface area contributed by atoms with E-state index in [1.165, 1.54) is 0 Å². The lowest BCUT2D eigenvalue weighted by Gasteiger charge is -2.08. The van der Waals surface area contributed by atoms with Crippen LogP contribution in [0.1, 0.15) is 12.8 Å². The summed E-state index contributed by atoms with van der Waals surface area (Å²) >= 11 is 1.81. The van der Waals surface area contributed by atoms with Gasteiger partial charge in [-0.25, -0.2) is 13.1 Å². The number of nitrogens with one attached hydrogen (secondary N) is 2. The monoisotopic (exact) mass is 312 g/mol. The van der Waals surface area contributed by atoms with E-state index in [1.807, 2.05) is 17.8 Å². The van der Waals surface area contributed by atoms with Gasteiger partial charge in [-0.3, -0.25) is 0 Å². The third-order valence-electron chi connectivity index (χ3n) is 2.88. The van der Waals surface area contributed by atoms with Crippen molar-refractivity contribution in [2.75, 3.05) is 23.4 Å². The smallest absolute Gasteiger partial charge is 0.240 e. The van der Waals surface area contributed by atoms with Crippen molar-refractivity contribution in [2.24, 2.45) is 0 Å². The first-order valence-corrected chi connectivity index (χ1v) is 9.30. The summed E-state index contributed by atoms with van der Waals surface area (Å²) in [4.78, 5) is 0.330. The zero-order chi connectivity index (χ0) is 14.4. The van der Waals surface area contributed by atoms with E-state index in [9.17, 15) is 8.42 Å². The van der Waals surface area contributed by atoms with Gasteiger partial charge in [0.1, 0.15) is 0 Å². The Balaban J connectivity index is 1.84. The van der Waals surface area contributed by atoms with Crippen LogP contribution in [0.4, 0.5) is 5.69 Å². The van der Waals surface area contributed by atoms with E-state index in [4.69, 9.17) is 0 Å². The molecule has 1 aromatic rings. The van der Waals surface area contributed by atoms with Crippen molar-refractivity contribution in [3.8, 4) is 0 Å². The van der Waals surface area contributed by atoms with Crippen LogP contribution in [0.2, 0.25) is 0 Å². The first-order chi connectivity index (χ1) is 9.62. The highest BCUT2D eigenvalue weighted by Crippen LogP contribution is 2.22. The Bertz CT molecular complexity index is 537. The minimum atomic E-state index is -3.34. The van der Waals surface area contributed by atoms with Crippen LogP contribution >= 0.6 is 11.8 Å². The van der Waals surface area contributed by atoms with Crippen LogP contribution < -0.4 is 10.0 Å². The van der Waals surface area contributed by atoms with E-state index in [1.54, 1.807) is 24.3 Å². The Morgan fingerprint density at radius 3 is 2.60 bits per heavy atom. The third kappa shape index (κ3) is 4.85. The molecule has 1 fully saturated rings. The van der Waals surface area contributed by atoms with Crippen LogP contribution in [0.15, 0.2) is 41.8 Å². The summed E-state index contributed by atoms with van der Waals surface area (Å²) in [5.74, 6) is 1.95.